The molecule has 0 atom stereocenters. The van der Waals surface area contributed by atoms with Crippen LogP contribution >= 0.6 is 0 Å². The Balaban J connectivity index is 2.32. The number of rotatable bonds is 3. The zero-order valence-electron chi connectivity index (χ0n) is 10.2. The van der Waals surface area contributed by atoms with E-state index in [4.69, 9.17) is 0 Å². The fraction of sp³-hybridized carbons (Fsp3) is 0.133. The normalized spacial score (nSPS) is 10.1. The van der Waals surface area contributed by atoms with Gasteiger partial charge in [-0.05, 0) is 31.2 Å². The van der Waals surface area contributed by atoms with Crippen LogP contribution in [0.1, 0.15) is 17.3 Å². The van der Waals surface area contributed by atoms with E-state index in [9.17, 15) is 9.90 Å². The van der Waals surface area contributed by atoms with Gasteiger partial charge in [0.1, 0.15) is 5.75 Å². The molecule has 0 heterocycles. The van der Waals surface area contributed by atoms with Crippen LogP contribution < -0.4 is 4.90 Å². The van der Waals surface area contributed by atoms with Crippen LogP contribution in [0.3, 0.4) is 0 Å². The van der Waals surface area contributed by atoms with E-state index in [1.165, 1.54) is 0 Å². The average Bonchev–Trinajstić information content (AvgIpc) is 2.40. The van der Waals surface area contributed by atoms with Gasteiger partial charge in [0.25, 0.3) is 5.91 Å². The lowest BCUT2D eigenvalue weighted by atomic mass is 10.2. The van der Waals surface area contributed by atoms with Crippen molar-refractivity contribution in [1.82, 2.24) is 0 Å². The molecule has 0 saturated heterocycles. The quantitative estimate of drug-likeness (QED) is 0.897. The molecule has 92 valence electrons. The first-order chi connectivity index (χ1) is 8.72. The van der Waals surface area contributed by atoms with Gasteiger partial charge in [-0.15, -0.1) is 0 Å². The average molecular weight is 241 g/mol. The minimum Gasteiger partial charge on any atom is -0.508 e. The molecule has 1 amide bonds. The molecule has 0 aliphatic heterocycles. The van der Waals surface area contributed by atoms with Crippen molar-refractivity contribution in [3.63, 3.8) is 0 Å². The molecule has 2 aromatic carbocycles. The second-order valence-electron chi connectivity index (χ2n) is 3.94. The molecule has 2 rings (SSSR count). The van der Waals surface area contributed by atoms with E-state index in [0.29, 0.717) is 17.8 Å². The molecule has 1 N–H and O–H groups in total. The first-order valence-corrected chi connectivity index (χ1v) is 5.88. The van der Waals surface area contributed by atoms with E-state index < -0.39 is 0 Å². The standard InChI is InChI=1S/C15H15NO2/c1-2-16(13-9-6-10-14(17)11-13)15(18)12-7-4-3-5-8-12/h3-11,17H,2H2,1H3. The predicted octanol–water partition coefficient (Wildman–Crippen LogP) is 3.06. The third kappa shape index (κ3) is 2.51. The van der Waals surface area contributed by atoms with E-state index in [1.54, 1.807) is 35.2 Å². The van der Waals surface area contributed by atoms with Crippen molar-refractivity contribution < 1.29 is 9.90 Å². The molecule has 0 aromatic heterocycles. The molecule has 0 spiro atoms. The van der Waals surface area contributed by atoms with Crippen LogP contribution in [0.5, 0.6) is 5.75 Å². The number of phenols is 1. The Morgan fingerprint density at radius 1 is 1.11 bits per heavy atom. The number of carbonyl (C=O) groups is 1. The van der Waals surface area contributed by atoms with Crippen LogP contribution in [-0.2, 0) is 0 Å². The van der Waals surface area contributed by atoms with Gasteiger partial charge in [-0.3, -0.25) is 4.79 Å². The van der Waals surface area contributed by atoms with Crippen molar-refractivity contribution in [1.29, 1.82) is 0 Å². The summed E-state index contributed by atoms with van der Waals surface area (Å²) < 4.78 is 0. The van der Waals surface area contributed by atoms with E-state index in [1.807, 2.05) is 31.2 Å². The first-order valence-electron chi connectivity index (χ1n) is 5.88. The van der Waals surface area contributed by atoms with E-state index in [-0.39, 0.29) is 11.7 Å². The minimum atomic E-state index is -0.0660. The zero-order valence-corrected chi connectivity index (χ0v) is 10.2. The molecular formula is C15H15NO2. The third-order valence-corrected chi connectivity index (χ3v) is 2.72. The fourth-order valence-corrected chi connectivity index (χ4v) is 1.84. The van der Waals surface area contributed by atoms with Crippen LogP contribution in [0.15, 0.2) is 54.6 Å². The summed E-state index contributed by atoms with van der Waals surface area (Å²) in [6.07, 6.45) is 0. The number of carbonyl (C=O) groups excluding carboxylic acids is 1. The predicted molar refractivity (Wildman–Crippen MR) is 71.9 cm³/mol. The van der Waals surface area contributed by atoms with Gasteiger partial charge in [0.15, 0.2) is 0 Å². The lowest BCUT2D eigenvalue weighted by Gasteiger charge is -2.21. The monoisotopic (exact) mass is 241 g/mol. The van der Waals surface area contributed by atoms with Crippen LogP contribution in [0.2, 0.25) is 0 Å². The summed E-state index contributed by atoms with van der Waals surface area (Å²) >= 11 is 0. The molecule has 2 aromatic rings. The van der Waals surface area contributed by atoms with Crippen LogP contribution in [0.25, 0.3) is 0 Å². The fourth-order valence-electron chi connectivity index (χ4n) is 1.84. The van der Waals surface area contributed by atoms with Crippen molar-refractivity contribution in [2.45, 2.75) is 6.92 Å². The number of nitrogens with zero attached hydrogens (tertiary/aromatic N) is 1. The summed E-state index contributed by atoms with van der Waals surface area (Å²) in [5.41, 5.74) is 1.34. The maximum Gasteiger partial charge on any atom is 0.258 e. The Labute approximate surface area is 106 Å². The molecule has 0 aliphatic carbocycles. The number of hydrogen-bond donors (Lipinski definition) is 1. The SMILES string of the molecule is CCN(C(=O)c1ccccc1)c1cccc(O)c1. The maximum absolute atomic E-state index is 12.3. The molecule has 0 radical (unpaired) electrons. The number of anilines is 1. The summed E-state index contributed by atoms with van der Waals surface area (Å²) in [4.78, 5) is 14.0. The van der Waals surface area contributed by atoms with Crippen LogP contribution in [-0.4, -0.2) is 17.6 Å². The highest BCUT2D eigenvalue weighted by Crippen LogP contribution is 2.21. The first kappa shape index (κ1) is 12.2. The highest BCUT2D eigenvalue weighted by molar-refractivity contribution is 6.06. The molecule has 0 unspecified atom stereocenters. The van der Waals surface area contributed by atoms with Gasteiger partial charge >= 0.3 is 0 Å². The Morgan fingerprint density at radius 2 is 1.83 bits per heavy atom. The molecule has 3 nitrogen and oxygen atoms in total. The number of hydrogen-bond acceptors (Lipinski definition) is 2. The van der Waals surface area contributed by atoms with Gasteiger partial charge in [-0.25, -0.2) is 0 Å². The summed E-state index contributed by atoms with van der Waals surface area (Å²) in [5, 5.41) is 9.47. The van der Waals surface area contributed by atoms with E-state index in [2.05, 4.69) is 0 Å². The number of phenolic OH excluding ortho intramolecular Hbond substituents is 1. The molecule has 18 heavy (non-hydrogen) atoms. The van der Waals surface area contributed by atoms with Gasteiger partial charge < -0.3 is 10.0 Å². The van der Waals surface area contributed by atoms with Crippen LogP contribution in [0, 0.1) is 0 Å². The molecule has 0 aliphatic rings. The molecule has 0 bridgehead atoms. The van der Waals surface area contributed by atoms with Gasteiger partial charge in [0.2, 0.25) is 0 Å². The second-order valence-corrected chi connectivity index (χ2v) is 3.94. The number of aromatic hydroxyl groups is 1. The van der Waals surface area contributed by atoms with Gasteiger partial charge in [-0.1, -0.05) is 24.3 Å². The second kappa shape index (κ2) is 5.36. The van der Waals surface area contributed by atoms with Crippen molar-refractivity contribution in [3.8, 4) is 5.75 Å². The smallest absolute Gasteiger partial charge is 0.258 e. The topological polar surface area (TPSA) is 40.5 Å². The lowest BCUT2D eigenvalue weighted by Crippen LogP contribution is -2.30. The lowest BCUT2D eigenvalue weighted by molar-refractivity contribution is 0.0988. The summed E-state index contributed by atoms with van der Waals surface area (Å²) in [5.74, 6) is 0.0931. The Morgan fingerprint density at radius 3 is 2.44 bits per heavy atom. The third-order valence-electron chi connectivity index (χ3n) is 2.72. The number of benzene rings is 2. The Bertz CT molecular complexity index is 537. The van der Waals surface area contributed by atoms with E-state index >= 15 is 0 Å². The van der Waals surface area contributed by atoms with Crippen molar-refractivity contribution in [2.75, 3.05) is 11.4 Å². The van der Waals surface area contributed by atoms with Crippen LogP contribution in [0.4, 0.5) is 5.69 Å². The minimum absolute atomic E-state index is 0.0660. The van der Waals surface area contributed by atoms with Crippen molar-refractivity contribution in [3.05, 3.63) is 60.2 Å². The largest absolute Gasteiger partial charge is 0.508 e. The molecular weight excluding hydrogens is 226 g/mol. The Kier molecular flexibility index (Phi) is 3.63. The molecule has 0 saturated carbocycles. The molecule has 0 fully saturated rings. The summed E-state index contributed by atoms with van der Waals surface area (Å²) in [6.45, 7) is 2.46. The Hall–Kier alpha value is -2.29. The van der Waals surface area contributed by atoms with Gasteiger partial charge in [-0.2, -0.15) is 0 Å². The summed E-state index contributed by atoms with van der Waals surface area (Å²) in [6, 6.07) is 15.8. The van der Waals surface area contributed by atoms with Gasteiger partial charge in [0.05, 0.1) is 0 Å². The summed E-state index contributed by atoms with van der Waals surface area (Å²) in [7, 11) is 0. The van der Waals surface area contributed by atoms with Crippen molar-refractivity contribution in [2.24, 2.45) is 0 Å². The molecule has 3 heteroatoms. The highest BCUT2D eigenvalue weighted by atomic mass is 16.3. The van der Waals surface area contributed by atoms with Crippen molar-refractivity contribution >= 4 is 11.6 Å². The zero-order chi connectivity index (χ0) is 13.0. The number of amides is 1. The highest BCUT2D eigenvalue weighted by Gasteiger charge is 2.15. The van der Waals surface area contributed by atoms with E-state index in [0.717, 1.165) is 0 Å². The van der Waals surface area contributed by atoms with Gasteiger partial charge in [0, 0.05) is 23.9 Å². The maximum atomic E-state index is 12.3.